The molecule has 266 valence electrons. The first-order valence-electron chi connectivity index (χ1n) is 18.7. The molecule has 2 aliphatic carbocycles. The lowest BCUT2D eigenvalue weighted by atomic mass is 9.66. The average Bonchev–Trinajstić information content (AvgIpc) is 2.89. The van der Waals surface area contributed by atoms with Crippen LogP contribution in [-0.4, -0.2) is 53.6 Å². The summed E-state index contributed by atoms with van der Waals surface area (Å²) in [6, 6.07) is 0. The molecule has 0 bridgehead atoms. The number of cyclic esters (lactones) is 1. The smallest absolute Gasteiger partial charge is 0.308 e. The van der Waals surface area contributed by atoms with E-state index in [0.29, 0.717) is 24.2 Å². The van der Waals surface area contributed by atoms with Gasteiger partial charge in [-0.25, -0.2) is 0 Å². The van der Waals surface area contributed by atoms with E-state index in [1.54, 1.807) is 0 Å². The fourth-order valence-corrected chi connectivity index (χ4v) is 10.2. The van der Waals surface area contributed by atoms with Gasteiger partial charge in [-0.1, -0.05) is 100 Å². The lowest BCUT2D eigenvalue weighted by Gasteiger charge is -2.47. The van der Waals surface area contributed by atoms with E-state index < -0.39 is 16.6 Å². The van der Waals surface area contributed by atoms with Crippen LogP contribution in [0.5, 0.6) is 0 Å². The Bertz CT molecular complexity index is 1060. The molecule has 7 heteroatoms. The van der Waals surface area contributed by atoms with Gasteiger partial charge in [0.2, 0.25) is 0 Å². The minimum atomic E-state index is -1.97. The van der Waals surface area contributed by atoms with Crippen LogP contribution in [0.3, 0.4) is 0 Å². The van der Waals surface area contributed by atoms with E-state index in [1.165, 1.54) is 31.3 Å². The summed E-state index contributed by atoms with van der Waals surface area (Å²) < 4.78 is 26.8. The summed E-state index contributed by atoms with van der Waals surface area (Å²) in [6.07, 6.45) is 16.0. The number of esters is 1. The lowest BCUT2D eigenvalue weighted by Crippen LogP contribution is -2.48. The van der Waals surface area contributed by atoms with Crippen LogP contribution in [-0.2, 0) is 23.1 Å². The van der Waals surface area contributed by atoms with Crippen molar-refractivity contribution in [3.63, 3.8) is 0 Å². The van der Waals surface area contributed by atoms with Crippen LogP contribution in [0.15, 0.2) is 23.8 Å². The van der Waals surface area contributed by atoms with Gasteiger partial charge >= 0.3 is 5.97 Å². The molecule has 0 aromatic heterocycles. The van der Waals surface area contributed by atoms with Gasteiger partial charge in [0.25, 0.3) is 0 Å². The molecule has 0 aromatic rings. The molecule has 7 atom stereocenters. The topological polar surface area (TPSA) is 54.0 Å². The number of carbonyl (C=O) groups is 1. The van der Waals surface area contributed by atoms with Crippen molar-refractivity contribution in [3.05, 3.63) is 23.8 Å². The van der Waals surface area contributed by atoms with Crippen LogP contribution >= 0.6 is 0 Å². The number of ether oxygens (including phenoxy) is 2. The summed E-state index contributed by atoms with van der Waals surface area (Å²) in [5, 5.41) is 0.269. The Hall–Kier alpha value is -0.736. The van der Waals surface area contributed by atoms with Crippen molar-refractivity contribution in [2.45, 2.75) is 188 Å². The van der Waals surface area contributed by atoms with Gasteiger partial charge < -0.3 is 18.3 Å². The van der Waals surface area contributed by atoms with Crippen LogP contribution in [0, 0.1) is 23.2 Å². The van der Waals surface area contributed by atoms with Crippen molar-refractivity contribution in [2.24, 2.45) is 23.2 Å². The SMILES string of the molecule is CCCC(C)(CCC)CO[C@H]1C[C@H](O[Si](C)(C)C(C)(C)C)C=C2C=C[C@@H](C)[C@H](CC[C@@H]3C[C@@H](O[Si](C)(C)C(C)(C)C)CC(=O)O3)[C@H]21. The minimum Gasteiger partial charge on any atom is -0.462 e. The molecule has 46 heavy (non-hydrogen) atoms. The number of fused-ring (bicyclic) bond motifs is 1. The Morgan fingerprint density at radius 3 is 2.02 bits per heavy atom. The van der Waals surface area contributed by atoms with Crippen molar-refractivity contribution in [3.8, 4) is 0 Å². The molecule has 0 spiro atoms. The Labute approximate surface area is 286 Å². The van der Waals surface area contributed by atoms with Crippen LogP contribution in [0.25, 0.3) is 0 Å². The highest BCUT2D eigenvalue weighted by molar-refractivity contribution is 6.74. The first kappa shape index (κ1) is 39.7. The summed E-state index contributed by atoms with van der Waals surface area (Å²) >= 11 is 0. The Morgan fingerprint density at radius 2 is 1.46 bits per heavy atom. The molecule has 5 nitrogen and oxygen atoms in total. The number of hydrogen-bond donors (Lipinski definition) is 0. The van der Waals surface area contributed by atoms with Crippen LogP contribution in [0.4, 0.5) is 0 Å². The van der Waals surface area contributed by atoms with Gasteiger partial charge in [-0.05, 0) is 84.8 Å². The molecule has 0 unspecified atom stereocenters. The van der Waals surface area contributed by atoms with E-state index in [0.717, 1.165) is 32.3 Å². The normalized spacial score (nSPS) is 29.7. The Morgan fingerprint density at radius 1 is 0.870 bits per heavy atom. The van der Waals surface area contributed by atoms with Gasteiger partial charge in [-0.3, -0.25) is 4.79 Å². The van der Waals surface area contributed by atoms with Crippen molar-refractivity contribution < 1.29 is 23.1 Å². The van der Waals surface area contributed by atoms with Crippen molar-refractivity contribution >= 4 is 22.6 Å². The number of carbonyl (C=O) groups excluding carboxylic acids is 1. The average molecular weight is 677 g/mol. The highest BCUT2D eigenvalue weighted by Gasteiger charge is 2.46. The molecule has 3 aliphatic rings. The second-order valence-electron chi connectivity index (χ2n) is 18.5. The molecule has 1 aliphatic heterocycles. The molecule has 1 fully saturated rings. The van der Waals surface area contributed by atoms with Gasteiger partial charge in [0.15, 0.2) is 16.6 Å². The largest absolute Gasteiger partial charge is 0.462 e. The maximum atomic E-state index is 12.8. The van der Waals surface area contributed by atoms with Crippen LogP contribution in [0.2, 0.25) is 36.3 Å². The zero-order valence-electron chi connectivity index (χ0n) is 32.4. The first-order valence-corrected chi connectivity index (χ1v) is 24.5. The van der Waals surface area contributed by atoms with Crippen molar-refractivity contribution in [1.82, 2.24) is 0 Å². The predicted octanol–water partition coefficient (Wildman–Crippen LogP) is 11.0. The van der Waals surface area contributed by atoms with Gasteiger partial charge in [-0.15, -0.1) is 0 Å². The molecule has 0 aromatic carbocycles. The van der Waals surface area contributed by atoms with Gasteiger partial charge in [0.1, 0.15) is 6.10 Å². The van der Waals surface area contributed by atoms with E-state index >= 15 is 0 Å². The first-order chi connectivity index (χ1) is 21.1. The second kappa shape index (κ2) is 15.4. The summed E-state index contributed by atoms with van der Waals surface area (Å²) in [5.74, 6) is 1.08. The van der Waals surface area contributed by atoms with E-state index in [9.17, 15) is 4.79 Å². The third-order valence-corrected chi connectivity index (χ3v) is 21.3. The zero-order valence-corrected chi connectivity index (χ0v) is 34.4. The highest BCUT2D eigenvalue weighted by Crippen LogP contribution is 2.47. The molecule has 3 rings (SSSR count). The number of rotatable bonds is 14. The molecule has 0 saturated carbocycles. The molecule has 0 amide bonds. The van der Waals surface area contributed by atoms with Crippen molar-refractivity contribution in [1.29, 1.82) is 0 Å². The highest BCUT2D eigenvalue weighted by atomic mass is 28.4. The van der Waals surface area contributed by atoms with Crippen molar-refractivity contribution in [2.75, 3.05) is 6.61 Å². The minimum absolute atomic E-state index is 0.0416. The second-order valence-corrected chi connectivity index (χ2v) is 28.0. The van der Waals surface area contributed by atoms with Gasteiger partial charge in [0, 0.05) is 18.8 Å². The Balaban J connectivity index is 1.84. The van der Waals surface area contributed by atoms with E-state index in [-0.39, 0.29) is 45.9 Å². The molecule has 0 N–H and O–H groups in total. The molecule has 1 heterocycles. The molecular formula is C39H72O5Si2. The van der Waals surface area contributed by atoms with Gasteiger partial charge in [-0.2, -0.15) is 0 Å². The molecule has 1 saturated heterocycles. The lowest BCUT2D eigenvalue weighted by molar-refractivity contribution is -0.160. The maximum absolute atomic E-state index is 12.8. The maximum Gasteiger partial charge on any atom is 0.308 e. The van der Waals surface area contributed by atoms with E-state index in [2.05, 4.69) is 114 Å². The third kappa shape index (κ3) is 10.1. The fraction of sp³-hybridized carbons (Fsp3) is 0.872. The summed E-state index contributed by atoms with van der Waals surface area (Å²) in [7, 11) is -3.93. The predicted molar refractivity (Wildman–Crippen MR) is 198 cm³/mol. The van der Waals surface area contributed by atoms with E-state index in [1.807, 2.05) is 0 Å². The number of hydrogen-bond acceptors (Lipinski definition) is 5. The summed E-state index contributed by atoms with van der Waals surface area (Å²) in [4.78, 5) is 12.8. The monoisotopic (exact) mass is 676 g/mol. The number of allylic oxidation sites excluding steroid dienone is 2. The molecule has 0 radical (unpaired) electrons. The van der Waals surface area contributed by atoms with Crippen LogP contribution in [0.1, 0.15) is 127 Å². The fourth-order valence-electron chi connectivity index (χ4n) is 7.53. The summed E-state index contributed by atoms with van der Waals surface area (Å²) in [6.45, 7) is 33.2. The summed E-state index contributed by atoms with van der Waals surface area (Å²) in [5.41, 5.74) is 1.58. The quantitative estimate of drug-likeness (QED) is 0.135. The zero-order chi connectivity index (χ0) is 34.7. The third-order valence-electron chi connectivity index (χ3n) is 12.3. The Kier molecular flexibility index (Phi) is 13.3. The van der Waals surface area contributed by atoms with E-state index in [4.69, 9.17) is 18.3 Å². The van der Waals surface area contributed by atoms with Gasteiger partial charge in [0.05, 0.1) is 31.3 Å². The molecular weight excluding hydrogens is 605 g/mol. The standard InChI is InChI=1S/C39H72O5Si2/c1-15-21-39(10,22-16-2)27-41-34-25-31(43-45(11,12)37(4,5)6)23-29-18-17-28(3)33(36(29)34)20-19-30-24-32(26-35(40)42-30)44-46(13,14)38(7,8)9/h17-18,23,28,30-34,36H,15-16,19-22,24-27H2,1-14H3/t28-,30-,31-,32-,33+,34+,36+/m1/s1. The van der Waals surface area contributed by atoms with Crippen LogP contribution < -0.4 is 0 Å².